The van der Waals surface area contributed by atoms with E-state index < -0.39 is 5.60 Å². The lowest BCUT2D eigenvalue weighted by molar-refractivity contribution is 0.0781. The van der Waals surface area contributed by atoms with E-state index in [9.17, 15) is 5.11 Å². The van der Waals surface area contributed by atoms with Crippen LogP contribution in [0.3, 0.4) is 0 Å². The first-order valence-corrected chi connectivity index (χ1v) is 9.18. The first-order valence-electron chi connectivity index (χ1n) is 8.36. The molecule has 0 aliphatic heterocycles. The maximum Gasteiger partial charge on any atom is 0.124 e. The molecule has 1 aliphatic carbocycles. The van der Waals surface area contributed by atoms with E-state index in [1.165, 1.54) is 49.8 Å². The van der Waals surface area contributed by atoms with Crippen molar-refractivity contribution in [1.29, 1.82) is 0 Å². The Bertz CT molecular complexity index is 430. The molecule has 0 amide bonds. The molecule has 0 unspecified atom stereocenters. The molecule has 4 heteroatoms. The van der Waals surface area contributed by atoms with E-state index in [2.05, 4.69) is 10.3 Å². The van der Waals surface area contributed by atoms with Crippen LogP contribution in [0.1, 0.15) is 74.4 Å². The molecule has 0 spiro atoms. The van der Waals surface area contributed by atoms with Gasteiger partial charge in [0.25, 0.3) is 0 Å². The summed E-state index contributed by atoms with van der Waals surface area (Å²) in [5.41, 5.74) is 0.303. The Morgan fingerprint density at radius 1 is 1.29 bits per heavy atom. The minimum atomic E-state index is -0.825. The van der Waals surface area contributed by atoms with Crippen LogP contribution in [-0.4, -0.2) is 17.1 Å². The Labute approximate surface area is 133 Å². The van der Waals surface area contributed by atoms with Crippen LogP contribution in [-0.2, 0) is 18.6 Å². The highest BCUT2D eigenvalue weighted by molar-refractivity contribution is 7.11. The van der Waals surface area contributed by atoms with Gasteiger partial charge in [-0.25, -0.2) is 4.98 Å². The molecule has 0 saturated heterocycles. The summed E-state index contributed by atoms with van der Waals surface area (Å²) in [6, 6.07) is 0. The van der Waals surface area contributed by atoms with Gasteiger partial charge < -0.3 is 10.4 Å². The minimum absolute atomic E-state index is 0.797. The van der Waals surface area contributed by atoms with Crippen molar-refractivity contribution < 1.29 is 5.11 Å². The molecule has 1 saturated carbocycles. The van der Waals surface area contributed by atoms with Gasteiger partial charge in [-0.3, -0.25) is 0 Å². The molecule has 120 valence electrons. The maximum absolute atomic E-state index is 10.2. The van der Waals surface area contributed by atoms with Gasteiger partial charge in [-0.05, 0) is 39.7 Å². The lowest BCUT2D eigenvalue weighted by atomic mass is 9.86. The third-order valence-electron chi connectivity index (χ3n) is 4.39. The number of aliphatic hydroxyl groups is 1. The summed E-state index contributed by atoms with van der Waals surface area (Å²) in [6.45, 7) is 4.44. The molecule has 1 fully saturated rings. The van der Waals surface area contributed by atoms with E-state index >= 15 is 0 Å². The fraction of sp³-hybridized carbons (Fsp3) is 0.824. The predicted molar refractivity (Wildman–Crippen MR) is 89.6 cm³/mol. The van der Waals surface area contributed by atoms with E-state index in [0.717, 1.165) is 29.6 Å². The highest BCUT2D eigenvalue weighted by Crippen LogP contribution is 2.31. The van der Waals surface area contributed by atoms with Gasteiger partial charge in [0.2, 0.25) is 0 Å². The standard InChI is InChI=1S/C17H30N2OS/c1-17(2,20)16-19-14(12-18-3)15(21-16)11-7-10-13-8-5-4-6-9-13/h13,18,20H,4-12H2,1-3H3. The largest absolute Gasteiger partial charge is 0.383 e. The normalized spacial score (nSPS) is 17.3. The highest BCUT2D eigenvalue weighted by atomic mass is 32.1. The van der Waals surface area contributed by atoms with Crippen LogP contribution in [0, 0.1) is 5.92 Å². The molecule has 0 radical (unpaired) electrons. The van der Waals surface area contributed by atoms with Crippen LogP contribution >= 0.6 is 11.3 Å². The molecule has 0 atom stereocenters. The lowest BCUT2D eigenvalue weighted by Crippen LogP contribution is -2.15. The summed E-state index contributed by atoms with van der Waals surface area (Å²) in [4.78, 5) is 6.00. The van der Waals surface area contributed by atoms with E-state index in [0.29, 0.717) is 0 Å². The SMILES string of the molecule is CNCc1nc(C(C)(C)O)sc1CCCC1CCCCC1. The van der Waals surface area contributed by atoms with Crippen LogP contribution in [0.5, 0.6) is 0 Å². The molecular weight excluding hydrogens is 280 g/mol. The van der Waals surface area contributed by atoms with Crippen LogP contribution in [0.4, 0.5) is 0 Å². The minimum Gasteiger partial charge on any atom is -0.383 e. The zero-order valence-electron chi connectivity index (χ0n) is 13.7. The highest BCUT2D eigenvalue weighted by Gasteiger charge is 2.23. The molecule has 0 bridgehead atoms. The second-order valence-corrected chi connectivity index (χ2v) is 7.96. The zero-order valence-corrected chi connectivity index (χ0v) is 14.6. The summed E-state index contributed by atoms with van der Waals surface area (Å²) in [5.74, 6) is 0.952. The Morgan fingerprint density at radius 2 is 2.00 bits per heavy atom. The molecule has 1 aromatic rings. The molecule has 2 rings (SSSR count). The summed E-state index contributed by atoms with van der Waals surface area (Å²) >= 11 is 1.69. The van der Waals surface area contributed by atoms with Crippen molar-refractivity contribution in [2.75, 3.05) is 7.05 Å². The molecule has 2 N–H and O–H groups in total. The van der Waals surface area contributed by atoms with Crippen molar-refractivity contribution >= 4 is 11.3 Å². The van der Waals surface area contributed by atoms with Crippen LogP contribution in [0.2, 0.25) is 0 Å². The van der Waals surface area contributed by atoms with E-state index in [1.54, 1.807) is 11.3 Å². The molecule has 0 aromatic carbocycles. The van der Waals surface area contributed by atoms with Gasteiger partial charge in [0.05, 0.1) is 5.69 Å². The number of nitrogens with one attached hydrogen (secondary N) is 1. The van der Waals surface area contributed by atoms with Gasteiger partial charge in [0, 0.05) is 11.4 Å². The third kappa shape index (κ3) is 5.04. The first-order chi connectivity index (χ1) is 10.0. The van der Waals surface area contributed by atoms with E-state index in [1.807, 2.05) is 20.9 Å². The summed E-state index contributed by atoms with van der Waals surface area (Å²) in [7, 11) is 1.95. The number of aromatic nitrogens is 1. The smallest absolute Gasteiger partial charge is 0.124 e. The number of nitrogens with zero attached hydrogens (tertiary/aromatic N) is 1. The van der Waals surface area contributed by atoms with Crippen molar-refractivity contribution in [2.45, 2.75) is 77.4 Å². The fourth-order valence-corrected chi connectivity index (χ4v) is 4.29. The summed E-state index contributed by atoms with van der Waals surface area (Å²) < 4.78 is 0. The first kappa shape index (κ1) is 16.9. The number of aryl methyl sites for hydroxylation is 1. The van der Waals surface area contributed by atoms with E-state index in [4.69, 9.17) is 0 Å². The van der Waals surface area contributed by atoms with Crippen molar-refractivity contribution in [3.63, 3.8) is 0 Å². The van der Waals surface area contributed by atoms with Crippen LogP contribution in [0.25, 0.3) is 0 Å². The molecule has 1 aromatic heterocycles. The average molecular weight is 311 g/mol. The molecule has 1 heterocycles. The van der Waals surface area contributed by atoms with Gasteiger partial charge in [0.1, 0.15) is 10.6 Å². The second-order valence-electron chi connectivity index (χ2n) is 6.87. The monoisotopic (exact) mass is 310 g/mol. The quantitative estimate of drug-likeness (QED) is 0.800. The van der Waals surface area contributed by atoms with Gasteiger partial charge in [-0.1, -0.05) is 38.5 Å². The Morgan fingerprint density at radius 3 is 2.62 bits per heavy atom. The predicted octanol–water partition coefficient (Wildman–Crippen LogP) is 3.99. The molecule has 3 nitrogen and oxygen atoms in total. The summed E-state index contributed by atoms with van der Waals surface area (Å²) in [5, 5.41) is 14.2. The van der Waals surface area contributed by atoms with Crippen molar-refractivity contribution in [3.05, 3.63) is 15.6 Å². The molecule has 21 heavy (non-hydrogen) atoms. The fourth-order valence-electron chi connectivity index (χ4n) is 3.17. The van der Waals surface area contributed by atoms with Crippen molar-refractivity contribution in [1.82, 2.24) is 10.3 Å². The van der Waals surface area contributed by atoms with Crippen molar-refractivity contribution in [2.24, 2.45) is 5.92 Å². The molecular formula is C17H30N2OS. The van der Waals surface area contributed by atoms with Gasteiger partial charge in [-0.2, -0.15) is 0 Å². The zero-order chi connectivity index (χ0) is 15.3. The summed E-state index contributed by atoms with van der Waals surface area (Å²) in [6.07, 6.45) is 10.9. The number of thiazole rings is 1. The number of rotatable bonds is 7. The van der Waals surface area contributed by atoms with Crippen molar-refractivity contribution in [3.8, 4) is 0 Å². The third-order valence-corrected chi connectivity index (χ3v) is 5.86. The number of hydrogen-bond donors (Lipinski definition) is 2. The van der Waals surface area contributed by atoms with Gasteiger partial charge in [0.15, 0.2) is 0 Å². The lowest BCUT2D eigenvalue weighted by Gasteiger charge is -2.21. The number of hydrogen-bond acceptors (Lipinski definition) is 4. The van der Waals surface area contributed by atoms with E-state index in [-0.39, 0.29) is 0 Å². The Balaban J connectivity index is 1.92. The van der Waals surface area contributed by atoms with Crippen LogP contribution in [0.15, 0.2) is 0 Å². The second kappa shape index (κ2) is 7.70. The Hall–Kier alpha value is -0.450. The molecule has 1 aliphatic rings. The topological polar surface area (TPSA) is 45.2 Å². The van der Waals surface area contributed by atoms with Crippen LogP contribution < -0.4 is 5.32 Å². The van der Waals surface area contributed by atoms with Gasteiger partial charge >= 0.3 is 0 Å². The maximum atomic E-state index is 10.2. The Kier molecular flexibility index (Phi) is 6.20. The average Bonchev–Trinajstić information content (AvgIpc) is 2.84. The van der Waals surface area contributed by atoms with Gasteiger partial charge in [-0.15, -0.1) is 11.3 Å².